The zero-order valence-corrected chi connectivity index (χ0v) is 15.2. The highest BCUT2D eigenvalue weighted by Gasteiger charge is 2.40. The third-order valence-corrected chi connectivity index (χ3v) is 5.46. The average molecular weight is 351 g/mol. The first kappa shape index (κ1) is 17.6. The van der Waals surface area contributed by atoms with Crippen LogP contribution in [0.3, 0.4) is 0 Å². The van der Waals surface area contributed by atoms with E-state index in [-0.39, 0.29) is 18.1 Å². The maximum atomic E-state index is 12.6. The van der Waals surface area contributed by atoms with Crippen LogP contribution in [0.25, 0.3) is 0 Å². The molecule has 0 unspecified atom stereocenters. The Balaban J connectivity index is 1.54. The summed E-state index contributed by atoms with van der Waals surface area (Å²) >= 11 is 1.89. The lowest BCUT2D eigenvalue weighted by atomic mass is 9.90. The molecule has 0 saturated carbocycles. The fraction of sp³-hybridized carbons (Fsp3) is 0.611. The molecule has 24 heavy (non-hydrogen) atoms. The Morgan fingerprint density at radius 3 is 2.38 bits per heavy atom. The molecule has 5 nitrogen and oxygen atoms in total. The Labute approximate surface area is 147 Å². The number of hydrogen-bond acceptors (Lipinski definition) is 5. The summed E-state index contributed by atoms with van der Waals surface area (Å²) in [4.78, 5) is 12.6. The van der Waals surface area contributed by atoms with Gasteiger partial charge in [-0.2, -0.15) is 11.8 Å². The van der Waals surface area contributed by atoms with E-state index in [0.717, 1.165) is 22.9 Å². The van der Waals surface area contributed by atoms with Crippen molar-refractivity contribution >= 4 is 23.4 Å². The van der Waals surface area contributed by atoms with E-state index in [4.69, 9.17) is 14.2 Å². The molecule has 2 saturated heterocycles. The van der Waals surface area contributed by atoms with Gasteiger partial charge in [-0.25, -0.2) is 0 Å². The Bertz CT molecular complexity index is 563. The second-order valence-corrected chi connectivity index (χ2v) is 8.13. The van der Waals surface area contributed by atoms with Gasteiger partial charge in [0.2, 0.25) is 5.91 Å². The van der Waals surface area contributed by atoms with Crippen molar-refractivity contribution in [3.63, 3.8) is 0 Å². The number of hydrogen-bond donors (Lipinski definition) is 1. The third-order valence-electron chi connectivity index (χ3n) is 4.25. The van der Waals surface area contributed by atoms with Crippen LogP contribution in [-0.2, 0) is 14.3 Å². The first-order chi connectivity index (χ1) is 11.5. The largest absolute Gasteiger partial charge is 0.489 e. The highest BCUT2D eigenvalue weighted by atomic mass is 32.2. The number of anilines is 1. The maximum Gasteiger partial charge on any atom is 0.234 e. The van der Waals surface area contributed by atoms with Crippen LogP contribution < -0.4 is 10.1 Å². The van der Waals surface area contributed by atoms with Gasteiger partial charge in [-0.1, -0.05) is 13.8 Å². The molecule has 1 N–H and O–H groups in total. The van der Waals surface area contributed by atoms with Gasteiger partial charge in [-0.3, -0.25) is 4.79 Å². The molecule has 2 fully saturated rings. The van der Waals surface area contributed by atoms with Crippen LogP contribution in [0.15, 0.2) is 24.3 Å². The Hall–Kier alpha value is -1.24. The van der Waals surface area contributed by atoms with Crippen molar-refractivity contribution in [2.75, 3.05) is 30.0 Å². The van der Waals surface area contributed by atoms with Crippen LogP contribution in [0.5, 0.6) is 5.75 Å². The summed E-state index contributed by atoms with van der Waals surface area (Å²) in [7, 11) is 0. The van der Waals surface area contributed by atoms with Crippen LogP contribution in [0, 0.1) is 11.3 Å². The number of nitrogens with one attached hydrogen (secondary N) is 1. The van der Waals surface area contributed by atoms with Gasteiger partial charge >= 0.3 is 0 Å². The van der Waals surface area contributed by atoms with E-state index < -0.39 is 5.41 Å². The molecule has 2 aliphatic heterocycles. The average Bonchev–Trinajstić information content (AvgIpc) is 2.53. The summed E-state index contributed by atoms with van der Waals surface area (Å²) in [6.07, 6.45) is 0.0896. The normalized spacial score (nSPS) is 27.6. The van der Waals surface area contributed by atoms with Gasteiger partial charge in [0, 0.05) is 23.1 Å². The molecule has 0 bridgehead atoms. The second kappa shape index (κ2) is 7.33. The predicted octanol–water partition coefficient (Wildman–Crippen LogP) is 3.15. The van der Waals surface area contributed by atoms with Crippen LogP contribution in [0.4, 0.5) is 5.69 Å². The fourth-order valence-electron chi connectivity index (χ4n) is 2.51. The van der Waals surface area contributed by atoms with Crippen molar-refractivity contribution in [2.24, 2.45) is 11.3 Å². The maximum absolute atomic E-state index is 12.6. The number of carbonyl (C=O) groups excluding carboxylic acids is 1. The molecular formula is C18H25NO4S. The van der Waals surface area contributed by atoms with Crippen molar-refractivity contribution in [1.29, 1.82) is 0 Å². The molecular weight excluding hydrogens is 326 g/mol. The summed E-state index contributed by atoms with van der Waals surface area (Å²) in [5, 5.41) is 2.95. The SMILES string of the molecule is CC(C)C1OCC(C)(C(=O)Nc2ccc(OC3CSC3)cc2)CO1. The summed E-state index contributed by atoms with van der Waals surface area (Å²) in [5.74, 6) is 3.13. The lowest BCUT2D eigenvalue weighted by molar-refractivity contribution is -0.237. The van der Waals surface area contributed by atoms with Crippen molar-refractivity contribution in [3.05, 3.63) is 24.3 Å². The molecule has 0 aromatic heterocycles. The Morgan fingerprint density at radius 2 is 1.88 bits per heavy atom. The molecule has 132 valence electrons. The van der Waals surface area contributed by atoms with Gasteiger partial charge in [0.25, 0.3) is 0 Å². The number of thioether (sulfide) groups is 1. The number of ether oxygens (including phenoxy) is 3. The van der Waals surface area contributed by atoms with Gasteiger partial charge in [-0.15, -0.1) is 0 Å². The quantitative estimate of drug-likeness (QED) is 0.883. The number of amides is 1. The fourth-order valence-corrected chi connectivity index (χ4v) is 3.08. The second-order valence-electron chi connectivity index (χ2n) is 7.05. The molecule has 6 heteroatoms. The van der Waals surface area contributed by atoms with Crippen molar-refractivity contribution in [2.45, 2.75) is 33.2 Å². The lowest BCUT2D eigenvalue weighted by Gasteiger charge is -2.37. The van der Waals surface area contributed by atoms with E-state index >= 15 is 0 Å². The predicted molar refractivity (Wildman–Crippen MR) is 95.4 cm³/mol. The minimum absolute atomic E-state index is 0.0891. The molecule has 1 aromatic carbocycles. The highest BCUT2D eigenvalue weighted by molar-refractivity contribution is 8.00. The minimum Gasteiger partial charge on any atom is -0.489 e. The van der Waals surface area contributed by atoms with Crippen LogP contribution in [0.1, 0.15) is 20.8 Å². The smallest absolute Gasteiger partial charge is 0.234 e. The zero-order valence-electron chi connectivity index (χ0n) is 14.4. The van der Waals surface area contributed by atoms with Crippen molar-refractivity contribution in [1.82, 2.24) is 0 Å². The van der Waals surface area contributed by atoms with E-state index in [2.05, 4.69) is 5.32 Å². The molecule has 0 atom stereocenters. The molecule has 3 rings (SSSR count). The topological polar surface area (TPSA) is 56.8 Å². The summed E-state index contributed by atoms with van der Waals surface area (Å²) < 4.78 is 17.2. The van der Waals surface area contributed by atoms with Crippen molar-refractivity contribution in [3.8, 4) is 5.75 Å². The van der Waals surface area contributed by atoms with Gasteiger partial charge in [0.1, 0.15) is 11.9 Å². The summed E-state index contributed by atoms with van der Waals surface area (Å²) in [6.45, 7) is 6.67. The minimum atomic E-state index is -0.677. The molecule has 1 amide bonds. The molecule has 2 heterocycles. The van der Waals surface area contributed by atoms with Crippen molar-refractivity contribution < 1.29 is 19.0 Å². The monoisotopic (exact) mass is 351 g/mol. The third kappa shape index (κ3) is 4.05. The van der Waals surface area contributed by atoms with Crippen LogP contribution >= 0.6 is 11.8 Å². The van der Waals surface area contributed by atoms with E-state index in [9.17, 15) is 4.79 Å². The van der Waals surface area contributed by atoms with Gasteiger partial charge in [0.15, 0.2) is 6.29 Å². The summed E-state index contributed by atoms with van der Waals surface area (Å²) in [6, 6.07) is 7.51. The van der Waals surface area contributed by atoms with E-state index in [0.29, 0.717) is 19.3 Å². The Morgan fingerprint density at radius 1 is 1.25 bits per heavy atom. The molecule has 0 aliphatic carbocycles. The standard InChI is InChI=1S/C18H25NO4S/c1-12(2)16-21-10-18(3,11-22-16)17(20)19-13-4-6-14(7-5-13)23-15-8-24-9-15/h4-7,12,15-16H,8-11H2,1-3H3,(H,19,20). The first-order valence-electron chi connectivity index (χ1n) is 8.35. The number of rotatable bonds is 5. The molecule has 0 spiro atoms. The van der Waals surface area contributed by atoms with Gasteiger partial charge in [-0.05, 0) is 31.2 Å². The van der Waals surface area contributed by atoms with Crippen LogP contribution in [-0.4, -0.2) is 43.0 Å². The van der Waals surface area contributed by atoms with E-state index in [1.165, 1.54) is 0 Å². The molecule has 0 radical (unpaired) electrons. The van der Waals surface area contributed by atoms with Gasteiger partial charge < -0.3 is 19.5 Å². The van der Waals surface area contributed by atoms with Crippen LogP contribution in [0.2, 0.25) is 0 Å². The number of benzene rings is 1. The molecule has 2 aliphatic rings. The summed E-state index contributed by atoms with van der Waals surface area (Å²) in [5.41, 5.74) is 0.0755. The first-order valence-corrected chi connectivity index (χ1v) is 9.51. The van der Waals surface area contributed by atoms with E-state index in [1.54, 1.807) is 0 Å². The van der Waals surface area contributed by atoms with Gasteiger partial charge in [0.05, 0.1) is 18.6 Å². The highest BCUT2D eigenvalue weighted by Crippen LogP contribution is 2.29. The molecule has 1 aromatic rings. The Kier molecular flexibility index (Phi) is 5.37. The zero-order chi connectivity index (χ0) is 17.2. The lowest BCUT2D eigenvalue weighted by Crippen LogP contribution is -2.48. The number of carbonyl (C=O) groups is 1. The van der Waals surface area contributed by atoms with E-state index in [1.807, 2.05) is 56.8 Å².